The van der Waals surface area contributed by atoms with E-state index in [1.807, 2.05) is 39.8 Å². The Morgan fingerprint density at radius 2 is 0.923 bits per heavy atom. The molecule has 3 fully saturated rings. The first-order valence-corrected chi connectivity index (χ1v) is 9.74. The van der Waals surface area contributed by atoms with Crippen LogP contribution in [-0.4, -0.2) is 23.9 Å². The fourth-order valence-corrected chi connectivity index (χ4v) is 3.53. The van der Waals surface area contributed by atoms with Crippen LogP contribution in [0.5, 0.6) is 0 Å². The molecule has 0 bridgehead atoms. The number of hydrogen-bond acceptors (Lipinski definition) is 6. The molecule has 0 amide bonds. The van der Waals surface area contributed by atoms with E-state index in [1.165, 1.54) is 0 Å². The largest absolute Gasteiger partial charge is 0.393 e. The molecule has 0 aromatic carbocycles. The quantitative estimate of drug-likeness (QED) is 0.370. The van der Waals surface area contributed by atoms with Crippen molar-refractivity contribution in [1.82, 2.24) is 0 Å². The lowest BCUT2D eigenvalue weighted by atomic mass is 9.81. The van der Waals surface area contributed by atoms with Crippen molar-refractivity contribution < 1.29 is 28.7 Å². The van der Waals surface area contributed by atoms with Gasteiger partial charge in [0.05, 0.1) is 23.7 Å². The first-order chi connectivity index (χ1) is 12.6. The van der Waals surface area contributed by atoms with Crippen LogP contribution >= 0.6 is 0 Å². The molecule has 2 aliphatic carbocycles. The van der Waals surface area contributed by atoms with Gasteiger partial charge < -0.3 is 9.47 Å². The molecule has 2 heterocycles. The lowest BCUT2D eigenvalue weighted by Gasteiger charge is -2.18. The minimum Gasteiger partial charge on any atom is -0.393 e. The Bertz CT molecular complexity index is 505. The van der Waals surface area contributed by atoms with Gasteiger partial charge in [0.15, 0.2) is 0 Å². The number of hydrogen-bond donors (Lipinski definition) is 0. The lowest BCUT2D eigenvalue weighted by Crippen LogP contribution is -2.21. The van der Waals surface area contributed by atoms with Crippen LogP contribution in [0.15, 0.2) is 12.2 Å². The maximum atomic E-state index is 11.0. The summed E-state index contributed by atoms with van der Waals surface area (Å²) in [6, 6.07) is 0. The Morgan fingerprint density at radius 1 is 0.615 bits per heavy atom. The predicted octanol–water partition coefficient (Wildman–Crippen LogP) is 3.58. The van der Waals surface area contributed by atoms with Crippen LogP contribution in [0.3, 0.4) is 0 Å². The Kier molecular flexibility index (Phi) is 9.24. The number of fused-ring (bicyclic) bond motifs is 2. The number of rotatable bonds is 0. The fraction of sp³-hybridized carbons (Fsp3) is 0.700. The molecule has 6 heteroatoms. The second-order valence-electron chi connectivity index (χ2n) is 6.13. The van der Waals surface area contributed by atoms with Crippen LogP contribution in [0, 0.1) is 23.7 Å². The average Bonchev–Trinajstić information content (AvgIpc) is 3.15. The molecule has 0 spiro atoms. The number of allylic oxidation sites excluding steroid dienone is 2. The second-order valence-corrected chi connectivity index (χ2v) is 6.13. The van der Waals surface area contributed by atoms with E-state index in [9.17, 15) is 19.2 Å². The van der Waals surface area contributed by atoms with Crippen molar-refractivity contribution >= 4 is 23.9 Å². The van der Waals surface area contributed by atoms with E-state index in [-0.39, 0.29) is 47.5 Å². The minimum absolute atomic E-state index is 0.101. The van der Waals surface area contributed by atoms with Gasteiger partial charge in [0.1, 0.15) is 0 Å². The summed E-state index contributed by atoms with van der Waals surface area (Å²) in [6.45, 7) is 8.00. The van der Waals surface area contributed by atoms with E-state index in [1.54, 1.807) is 0 Å². The zero-order valence-electron chi connectivity index (χ0n) is 16.2. The average molecular weight is 366 g/mol. The Hall–Kier alpha value is -1.98. The molecule has 0 aromatic heterocycles. The first kappa shape index (κ1) is 22.1. The van der Waals surface area contributed by atoms with Gasteiger partial charge in [-0.3, -0.25) is 19.2 Å². The summed E-state index contributed by atoms with van der Waals surface area (Å²) in [5, 5.41) is 0. The van der Waals surface area contributed by atoms with Crippen molar-refractivity contribution in [3.63, 3.8) is 0 Å². The van der Waals surface area contributed by atoms with E-state index < -0.39 is 0 Å². The van der Waals surface area contributed by atoms with Crippen molar-refractivity contribution in [2.45, 2.75) is 66.2 Å². The molecule has 0 aromatic rings. The summed E-state index contributed by atoms with van der Waals surface area (Å²) in [5.41, 5.74) is 0. The highest BCUT2D eigenvalue weighted by Gasteiger charge is 2.45. The molecule has 26 heavy (non-hydrogen) atoms. The van der Waals surface area contributed by atoms with Gasteiger partial charge in [-0.1, -0.05) is 52.7 Å². The van der Waals surface area contributed by atoms with E-state index in [2.05, 4.69) is 9.47 Å². The third kappa shape index (κ3) is 5.02. The maximum Gasteiger partial charge on any atom is 0.317 e. The Labute approximate surface area is 155 Å². The van der Waals surface area contributed by atoms with Gasteiger partial charge in [0, 0.05) is 0 Å². The Morgan fingerprint density at radius 3 is 1.27 bits per heavy atom. The van der Waals surface area contributed by atoms with Crippen LogP contribution in [0.1, 0.15) is 66.2 Å². The van der Waals surface area contributed by atoms with E-state index in [0.29, 0.717) is 12.8 Å². The molecule has 4 aliphatic rings. The Balaban J connectivity index is 0.000000219. The maximum absolute atomic E-state index is 11.0. The molecule has 0 N–H and O–H groups in total. The topological polar surface area (TPSA) is 86.7 Å². The van der Waals surface area contributed by atoms with Gasteiger partial charge in [0.2, 0.25) is 0 Å². The van der Waals surface area contributed by atoms with Crippen LogP contribution in [0.4, 0.5) is 0 Å². The molecular weight excluding hydrogens is 336 g/mol. The second kappa shape index (κ2) is 10.9. The van der Waals surface area contributed by atoms with Crippen LogP contribution < -0.4 is 0 Å². The van der Waals surface area contributed by atoms with Gasteiger partial charge in [-0.05, 0) is 25.7 Å². The van der Waals surface area contributed by atoms with Crippen molar-refractivity contribution in [3.05, 3.63) is 12.2 Å². The summed E-state index contributed by atoms with van der Waals surface area (Å²) >= 11 is 0. The third-order valence-corrected chi connectivity index (χ3v) is 4.81. The van der Waals surface area contributed by atoms with Crippen LogP contribution in [-0.2, 0) is 28.7 Å². The van der Waals surface area contributed by atoms with E-state index >= 15 is 0 Å². The molecule has 2 aliphatic heterocycles. The van der Waals surface area contributed by atoms with Crippen LogP contribution in [0.25, 0.3) is 0 Å². The standard InChI is InChI=1S/C8H10O3.C8H8O3.2C2H6/c2*9-7-5-3-1-2-4-6(5)8(10)11-7;2*1-2/h5-6H,1-4H2;1-2,5-6H,3-4H2;2*1-2H3. The fourth-order valence-electron chi connectivity index (χ4n) is 3.53. The number of carbonyl (C=O) groups excluding carboxylic acids is 4. The smallest absolute Gasteiger partial charge is 0.317 e. The normalized spacial score (nSPS) is 30.9. The zero-order chi connectivity index (χ0) is 19.7. The van der Waals surface area contributed by atoms with E-state index in [4.69, 9.17) is 0 Å². The molecule has 146 valence electrons. The van der Waals surface area contributed by atoms with Crippen molar-refractivity contribution in [2.24, 2.45) is 23.7 Å². The van der Waals surface area contributed by atoms with Crippen molar-refractivity contribution in [1.29, 1.82) is 0 Å². The molecular formula is C20H30O6. The number of carbonyl (C=O) groups is 4. The first-order valence-electron chi connectivity index (χ1n) is 9.74. The van der Waals surface area contributed by atoms with Gasteiger partial charge in [-0.15, -0.1) is 0 Å². The molecule has 2 saturated heterocycles. The summed E-state index contributed by atoms with van der Waals surface area (Å²) in [5.74, 6) is -1.85. The molecule has 6 nitrogen and oxygen atoms in total. The highest BCUT2D eigenvalue weighted by molar-refractivity contribution is 5.97. The predicted molar refractivity (Wildman–Crippen MR) is 95.7 cm³/mol. The van der Waals surface area contributed by atoms with Crippen LogP contribution in [0.2, 0.25) is 0 Å². The van der Waals surface area contributed by atoms with Gasteiger partial charge in [-0.25, -0.2) is 0 Å². The van der Waals surface area contributed by atoms with Gasteiger partial charge in [0.25, 0.3) is 0 Å². The number of cyclic esters (lactones) is 4. The summed E-state index contributed by atoms with van der Waals surface area (Å²) < 4.78 is 9.02. The van der Waals surface area contributed by atoms with E-state index in [0.717, 1.165) is 25.7 Å². The van der Waals surface area contributed by atoms with Crippen molar-refractivity contribution in [2.75, 3.05) is 0 Å². The monoisotopic (exact) mass is 366 g/mol. The molecule has 4 unspecified atom stereocenters. The number of ether oxygens (including phenoxy) is 2. The zero-order valence-corrected chi connectivity index (χ0v) is 16.2. The number of esters is 4. The SMILES string of the molecule is CC.CC.O=C1OC(=O)C2CC=CCC12.O=C1OC(=O)C2CCCCC12. The molecule has 4 atom stereocenters. The minimum atomic E-state index is -0.343. The molecule has 1 saturated carbocycles. The summed E-state index contributed by atoms with van der Waals surface area (Å²) in [4.78, 5) is 43.8. The van der Waals surface area contributed by atoms with Gasteiger partial charge >= 0.3 is 23.9 Å². The van der Waals surface area contributed by atoms with Crippen molar-refractivity contribution in [3.8, 4) is 0 Å². The van der Waals surface area contributed by atoms with Gasteiger partial charge in [-0.2, -0.15) is 0 Å². The summed E-state index contributed by atoms with van der Waals surface area (Å²) in [6.07, 6.45) is 8.99. The molecule has 4 rings (SSSR count). The highest BCUT2D eigenvalue weighted by Crippen LogP contribution is 2.36. The molecule has 0 radical (unpaired) electrons. The lowest BCUT2D eigenvalue weighted by molar-refractivity contribution is -0.155. The highest BCUT2D eigenvalue weighted by atomic mass is 16.6. The summed E-state index contributed by atoms with van der Waals surface area (Å²) in [7, 11) is 0. The third-order valence-electron chi connectivity index (χ3n) is 4.81.